The first-order valence-electron chi connectivity index (χ1n) is 7.09. The molecule has 0 saturated carbocycles. The molecule has 0 bridgehead atoms. The van der Waals surface area contributed by atoms with Gasteiger partial charge in [-0.25, -0.2) is 9.37 Å². The fourth-order valence-corrected chi connectivity index (χ4v) is 1.85. The van der Waals surface area contributed by atoms with Crippen LogP contribution in [0.3, 0.4) is 0 Å². The molecule has 0 fully saturated rings. The monoisotopic (exact) mass is 268 g/mol. The molecule has 1 aromatic rings. The van der Waals surface area contributed by atoms with Crippen LogP contribution in [0.4, 0.5) is 16.2 Å². The van der Waals surface area contributed by atoms with Crippen LogP contribution in [-0.4, -0.2) is 22.6 Å². The van der Waals surface area contributed by atoms with E-state index < -0.39 is 5.82 Å². The molecule has 1 rings (SSSR count). The van der Waals surface area contributed by atoms with Crippen LogP contribution in [0, 0.1) is 11.7 Å². The first-order valence-corrected chi connectivity index (χ1v) is 7.09. The van der Waals surface area contributed by atoms with Crippen molar-refractivity contribution in [3.63, 3.8) is 0 Å². The van der Waals surface area contributed by atoms with Crippen LogP contribution in [0.15, 0.2) is 6.20 Å². The highest BCUT2D eigenvalue weighted by Gasteiger charge is 2.12. The van der Waals surface area contributed by atoms with Crippen molar-refractivity contribution in [1.82, 2.24) is 9.97 Å². The SMILES string of the molecule is CCCNc1ncc(F)c(NC(C)CC(C)CC)n1. The van der Waals surface area contributed by atoms with Crippen molar-refractivity contribution in [2.24, 2.45) is 5.92 Å². The van der Waals surface area contributed by atoms with Crippen LogP contribution >= 0.6 is 0 Å². The van der Waals surface area contributed by atoms with Gasteiger partial charge in [0, 0.05) is 12.6 Å². The van der Waals surface area contributed by atoms with Gasteiger partial charge in [0.05, 0.1) is 6.20 Å². The average molecular weight is 268 g/mol. The van der Waals surface area contributed by atoms with Gasteiger partial charge in [-0.3, -0.25) is 0 Å². The Morgan fingerprint density at radius 2 is 2.05 bits per heavy atom. The molecule has 108 valence electrons. The highest BCUT2D eigenvalue weighted by molar-refractivity contribution is 5.41. The molecule has 4 nitrogen and oxygen atoms in total. The Kier molecular flexibility index (Phi) is 6.53. The van der Waals surface area contributed by atoms with E-state index in [4.69, 9.17) is 0 Å². The molecule has 0 aliphatic carbocycles. The van der Waals surface area contributed by atoms with Crippen molar-refractivity contribution in [3.8, 4) is 0 Å². The zero-order chi connectivity index (χ0) is 14.3. The Morgan fingerprint density at radius 3 is 2.68 bits per heavy atom. The second kappa shape index (κ2) is 7.92. The predicted molar refractivity (Wildman–Crippen MR) is 77.9 cm³/mol. The lowest BCUT2D eigenvalue weighted by Gasteiger charge is -2.18. The number of rotatable bonds is 8. The molecule has 1 heterocycles. The minimum absolute atomic E-state index is 0.193. The summed E-state index contributed by atoms with van der Waals surface area (Å²) in [6, 6.07) is 0.193. The third-order valence-corrected chi connectivity index (χ3v) is 3.11. The molecule has 0 aliphatic heterocycles. The third kappa shape index (κ3) is 5.41. The van der Waals surface area contributed by atoms with Gasteiger partial charge in [-0.1, -0.05) is 27.2 Å². The van der Waals surface area contributed by atoms with Crippen molar-refractivity contribution < 1.29 is 4.39 Å². The van der Waals surface area contributed by atoms with Gasteiger partial charge in [0.1, 0.15) is 0 Å². The number of hydrogen-bond donors (Lipinski definition) is 2. The summed E-state index contributed by atoms with van der Waals surface area (Å²) in [5, 5.41) is 6.18. The fraction of sp³-hybridized carbons (Fsp3) is 0.714. The summed E-state index contributed by atoms with van der Waals surface area (Å²) in [4.78, 5) is 8.10. The molecule has 0 radical (unpaired) electrons. The normalized spacial score (nSPS) is 13.9. The summed E-state index contributed by atoms with van der Waals surface area (Å²) < 4.78 is 13.7. The number of anilines is 2. The Bertz CT molecular complexity index is 384. The van der Waals surface area contributed by atoms with Gasteiger partial charge in [0.25, 0.3) is 0 Å². The standard InChI is InChI=1S/C14H25FN4/c1-5-7-16-14-17-9-12(15)13(19-14)18-11(4)8-10(3)6-2/h9-11H,5-8H2,1-4H3,(H2,16,17,18,19). The number of nitrogens with zero attached hydrogens (tertiary/aromatic N) is 2. The molecular weight excluding hydrogens is 243 g/mol. The number of nitrogens with one attached hydrogen (secondary N) is 2. The highest BCUT2D eigenvalue weighted by atomic mass is 19.1. The van der Waals surface area contributed by atoms with E-state index in [2.05, 4.69) is 41.4 Å². The average Bonchev–Trinajstić information content (AvgIpc) is 2.39. The van der Waals surface area contributed by atoms with Gasteiger partial charge in [0.2, 0.25) is 5.95 Å². The van der Waals surface area contributed by atoms with Gasteiger partial charge >= 0.3 is 0 Å². The van der Waals surface area contributed by atoms with Crippen LogP contribution in [0.1, 0.15) is 47.0 Å². The topological polar surface area (TPSA) is 49.8 Å². The summed E-state index contributed by atoms with van der Waals surface area (Å²) in [6.07, 6.45) is 4.32. The third-order valence-electron chi connectivity index (χ3n) is 3.11. The summed E-state index contributed by atoms with van der Waals surface area (Å²) >= 11 is 0. The first-order chi connectivity index (χ1) is 9.06. The smallest absolute Gasteiger partial charge is 0.224 e. The molecule has 0 amide bonds. The van der Waals surface area contributed by atoms with Crippen LogP contribution in [-0.2, 0) is 0 Å². The molecule has 2 atom stereocenters. The van der Waals surface area contributed by atoms with Crippen molar-refractivity contribution in [2.45, 2.75) is 53.0 Å². The minimum atomic E-state index is -0.405. The van der Waals surface area contributed by atoms with Crippen LogP contribution in [0.25, 0.3) is 0 Å². The van der Waals surface area contributed by atoms with Crippen molar-refractivity contribution in [1.29, 1.82) is 0 Å². The van der Waals surface area contributed by atoms with Gasteiger partial charge in [-0.05, 0) is 25.7 Å². The van der Waals surface area contributed by atoms with E-state index in [0.29, 0.717) is 11.9 Å². The Morgan fingerprint density at radius 1 is 1.32 bits per heavy atom. The number of hydrogen-bond acceptors (Lipinski definition) is 4. The lowest BCUT2D eigenvalue weighted by molar-refractivity contribution is 0.481. The van der Waals surface area contributed by atoms with Crippen LogP contribution in [0.5, 0.6) is 0 Å². The summed E-state index contributed by atoms with van der Waals surface area (Å²) in [5.41, 5.74) is 0. The fourth-order valence-electron chi connectivity index (χ4n) is 1.85. The van der Waals surface area contributed by atoms with E-state index in [-0.39, 0.29) is 11.9 Å². The highest BCUT2D eigenvalue weighted by Crippen LogP contribution is 2.17. The Labute approximate surface area is 115 Å². The van der Waals surface area contributed by atoms with Gasteiger partial charge < -0.3 is 10.6 Å². The Balaban J connectivity index is 2.65. The molecular formula is C14H25FN4. The van der Waals surface area contributed by atoms with Crippen molar-refractivity contribution in [3.05, 3.63) is 12.0 Å². The predicted octanol–water partition coefficient (Wildman–Crippen LogP) is 3.67. The van der Waals surface area contributed by atoms with Gasteiger partial charge in [-0.15, -0.1) is 0 Å². The molecule has 0 spiro atoms. The lowest BCUT2D eigenvalue weighted by Crippen LogP contribution is -2.20. The molecule has 0 aromatic carbocycles. The zero-order valence-electron chi connectivity index (χ0n) is 12.3. The summed E-state index contributed by atoms with van der Waals surface area (Å²) in [7, 11) is 0. The summed E-state index contributed by atoms with van der Waals surface area (Å²) in [6.45, 7) is 9.25. The molecule has 5 heteroatoms. The van der Waals surface area contributed by atoms with Crippen molar-refractivity contribution in [2.75, 3.05) is 17.2 Å². The number of halogens is 1. The van der Waals surface area contributed by atoms with E-state index in [0.717, 1.165) is 25.8 Å². The summed E-state index contributed by atoms with van der Waals surface area (Å²) in [5.74, 6) is 0.967. The quantitative estimate of drug-likeness (QED) is 0.755. The van der Waals surface area contributed by atoms with E-state index >= 15 is 0 Å². The molecule has 0 aliphatic rings. The molecule has 2 N–H and O–H groups in total. The first kappa shape index (κ1) is 15.7. The second-order valence-corrected chi connectivity index (χ2v) is 5.11. The second-order valence-electron chi connectivity index (χ2n) is 5.11. The van der Waals surface area contributed by atoms with Gasteiger partial charge in [-0.2, -0.15) is 4.98 Å². The molecule has 0 saturated heterocycles. The maximum Gasteiger partial charge on any atom is 0.224 e. The van der Waals surface area contributed by atoms with Crippen molar-refractivity contribution >= 4 is 11.8 Å². The molecule has 1 aromatic heterocycles. The maximum atomic E-state index is 13.7. The van der Waals surface area contributed by atoms with E-state index in [9.17, 15) is 4.39 Å². The largest absolute Gasteiger partial charge is 0.365 e. The maximum absolute atomic E-state index is 13.7. The zero-order valence-corrected chi connectivity index (χ0v) is 12.3. The van der Waals surface area contributed by atoms with Crippen LogP contribution < -0.4 is 10.6 Å². The lowest BCUT2D eigenvalue weighted by atomic mass is 10.0. The molecule has 2 unspecified atom stereocenters. The van der Waals surface area contributed by atoms with E-state index in [1.54, 1.807) is 0 Å². The van der Waals surface area contributed by atoms with E-state index in [1.165, 1.54) is 6.20 Å². The molecule has 19 heavy (non-hydrogen) atoms. The Hall–Kier alpha value is -1.39. The van der Waals surface area contributed by atoms with E-state index in [1.807, 2.05) is 6.92 Å². The van der Waals surface area contributed by atoms with Gasteiger partial charge in [0.15, 0.2) is 11.6 Å². The number of aromatic nitrogens is 2. The minimum Gasteiger partial charge on any atom is -0.365 e. The van der Waals surface area contributed by atoms with Crippen LogP contribution in [0.2, 0.25) is 0 Å².